The largest absolute Gasteiger partial charge is 0.469 e. The Morgan fingerprint density at radius 1 is 1.77 bits per heavy atom. The summed E-state index contributed by atoms with van der Waals surface area (Å²) in [6.45, 7) is 0. The summed E-state index contributed by atoms with van der Waals surface area (Å²) in [4.78, 5) is 11.6. The summed E-state index contributed by atoms with van der Waals surface area (Å²) in [5.41, 5.74) is 0. The molecule has 1 aromatic rings. The van der Waals surface area contributed by atoms with E-state index in [0.29, 0.717) is 0 Å². The number of ether oxygens (including phenoxy) is 1. The third-order valence-electron chi connectivity index (χ3n) is 1.51. The van der Waals surface area contributed by atoms with E-state index in [2.05, 4.69) is 20.7 Å². The van der Waals surface area contributed by atoms with Gasteiger partial charge in [0, 0.05) is 4.88 Å². The lowest BCUT2D eigenvalue weighted by Gasteiger charge is -2.05. The minimum atomic E-state index is -0.760. The highest BCUT2D eigenvalue weighted by atomic mass is 79.9. The minimum Gasteiger partial charge on any atom is -0.469 e. The lowest BCUT2D eigenvalue weighted by molar-refractivity contribution is -0.142. The van der Waals surface area contributed by atoms with E-state index in [9.17, 15) is 9.90 Å². The van der Waals surface area contributed by atoms with Gasteiger partial charge < -0.3 is 9.84 Å². The fourth-order valence-electron chi connectivity index (χ4n) is 0.849. The van der Waals surface area contributed by atoms with Crippen molar-refractivity contribution < 1.29 is 14.6 Å². The summed E-state index contributed by atoms with van der Waals surface area (Å²) in [6.07, 6.45) is -0.757. The van der Waals surface area contributed by atoms with E-state index in [1.165, 1.54) is 18.4 Å². The van der Waals surface area contributed by atoms with E-state index in [-0.39, 0.29) is 6.42 Å². The molecule has 1 heterocycles. The number of hydrogen-bond acceptors (Lipinski definition) is 4. The average Bonchev–Trinajstić information content (AvgIpc) is 2.51. The molecular weight excluding hydrogens is 256 g/mol. The van der Waals surface area contributed by atoms with Crippen molar-refractivity contribution in [2.45, 2.75) is 12.5 Å². The molecule has 0 aliphatic rings. The van der Waals surface area contributed by atoms with Crippen molar-refractivity contribution in [3.8, 4) is 0 Å². The number of halogens is 1. The van der Waals surface area contributed by atoms with Crippen molar-refractivity contribution in [1.82, 2.24) is 0 Å². The van der Waals surface area contributed by atoms with E-state index in [0.717, 1.165) is 8.66 Å². The molecule has 0 aromatic carbocycles. The first-order valence-electron chi connectivity index (χ1n) is 3.63. The zero-order valence-electron chi connectivity index (χ0n) is 6.99. The summed E-state index contributed by atoms with van der Waals surface area (Å²) in [5, 5.41) is 9.52. The van der Waals surface area contributed by atoms with Crippen LogP contribution in [0.4, 0.5) is 0 Å². The SMILES string of the molecule is COC(=O)C[C@H](O)c1ccc(Br)s1. The van der Waals surface area contributed by atoms with Crippen molar-refractivity contribution in [1.29, 1.82) is 0 Å². The lowest BCUT2D eigenvalue weighted by atomic mass is 10.2. The third kappa shape index (κ3) is 3.10. The van der Waals surface area contributed by atoms with Crippen LogP contribution in [-0.2, 0) is 9.53 Å². The molecule has 1 rings (SSSR count). The summed E-state index contributed by atoms with van der Waals surface area (Å²) in [7, 11) is 1.30. The highest BCUT2D eigenvalue weighted by Gasteiger charge is 2.14. The molecule has 5 heteroatoms. The van der Waals surface area contributed by atoms with Crippen LogP contribution in [0.1, 0.15) is 17.4 Å². The van der Waals surface area contributed by atoms with Gasteiger partial charge in [-0.3, -0.25) is 4.79 Å². The summed E-state index contributed by atoms with van der Waals surface area (Å²) in [6, 6.07) is 3.61. The Hall–Kier alpha value is -0.390. The molecule has 13 heavy (non-hydrogen) atoms. The molecule has 0 spiro atoms. The minimum absolute atomic E-state index is 0.00343. The molecule has 3 nitrogen and oxygen atoms in total. The second-order valence-corrected chi connectivity index (χ2v) is 4.93. The fraction of sp³-hybridized carbons (Fsp3) is 0.375. The molecule has 0 unspecified atom stereocenters. The van der Waals surface area contributed by atoms with Crippen LogP contribution >= 0.6 is 27.3 Å². The van der Waals surface area contributed by atoms with Crippen molar-refractivity contribution in [2.24, 2.45) is 0 Å². The first-order valence-corrected chi connectivity index (χ1v) is 5.24. The number of hydrogen-bond donors (Lipinski definition) is 1. The monoisotopic (exact) mass is 264 g/mol. The Morgan fingerprint density at radius 2 is 2.46 bits per heavy atom. The van der Waals surface area contributed by atoms with Crippen LogP contribution in [0.2, 0.25) is 0 Å². The van der Waals surface area contributed by atoms with Gasteiger partial charge in [0.2, 0.25) is 0 Å². The average molecular weight is 265 g/mol. The maximum absolute atomic E-state index is 10.8. The number of methoxy groups -OCH3 is 1. The quantitative estimate of drug-likeness (QED) is 0.851. The van der Waals surface area contributed by atoms with Gasteiger partial charge in [-0.05, 0) is 28.1 Å². The van der Waals surface area contributed by atoms with E-state index < -0.39 is 12.1 Å². The van der Waals surface area contributed by atoms with Gasteiger partial charge in [0.05, 0.1) is 23.4 Å². The number of carbonyl (C=O) groups is 1. The number of carbonyl (C=O) groups excluding carboxylic acids is 1. The smallest absolute Gasteiger partial charge is 0.308 e. The van der Waals surface area contributed by atoms with E-state index in [1.54, 1.807) is 6.07 Å². The van der Waals surface area contributed by atoms with Crippen molar-refractivity contribution in [3.05, 3.63) is 20.8 Å². The second kappa shape index (κ2) is 4.74. The van der Waals surface area contributed by atoms with Crippen LogP contribution in [0, 0.1) is 0 Å². The Labute approximate surface area is 88.5 Å². The van der Waals surface area contributed by atoms with E-state index in [4.69, 9.17) is 0 Å². The van der Waals surface area contributed by atoms with Crippen LogP contribution < -0.4 is 0 Å². The lowest BCUT2D eigenvalue weighted by Crippen LogP contribution is -2.06. The predicted octanol–water partition coefficient (Wildman–Crippen LogP) is 2.11. The van der Waals surface area contributed by atoms with Gasteiger partial charge in [-0.2, -0.15) is 0 Å². The standard InChI is InChI=1S/C8H9BrO3S/c1-12-8(11)4-5(10)6-2-3-7(9)13-6/h2-3,5,10H,4H2,1H3/t5-/m0/s1. The molecule has 0 saturated heterocycles. The summed E-state index contributed by atoms with van der Waals surface area (Å²) < 4.78 is 5.38. The fourth-order valence-corrected chi connectivity index (χ4v) is 2.26. The van der Waals surface area contributed by atoms with Gasteiger partial charge in [0.15, 0.2) is 0 Å². The molecule has 0 saturated carbocycles. The zero-order valence-corrected chi connectivity index (χ0v) is 9.39. The first-order chi connectivity index (χ1) is 6.13. The molecular formula is C8H9BrO3S. The van der Waals surface area contributed by atoms with Gasteiger partial charge >= 0.3 is 5.97 Å². The number of rotatable bonds is 3. The molecule has 0 bridgehead atoms. The second-order valence-electron chi connectivity index (χ2n) is 2.44. The molecule has 0 aliphatic carbocycles. The van der Waals surface area contributed by atoms with Gasteiger partial charge in [0.25, 0.3) is 0 Å². The van der Waals surface area contributed by atoms with Crippen molar-refractivity contribution in [2.75, 3.05) is 7.11 Å². The van der Waals surface area contributed by atoms with Gasteiger partial charge in [0.1, 0.15) is 0 Å². The third-order valence-corrected chi connectivity index (χ3v) is 3.23. The maximum atomic E-state index is 10.8. The Balaban J connectivity index is 2.58. The number of aliphatic hydroxyl groups is 1. The summed E-state index contributed by atoms with van der Waals surface area (Å²) in [5.74, 6) is -0.406. The molecule has 72 valence electrons. The van der Waals surface area contributed by atoms with E-state index >= 15 is 0 Å². The van der Waals surface area contributed by atoms with E-state index in [1.807, 2.05) is 6.07 Å². The van der Waals surface area contributed by atoms with Gasteiger partial charge in [-0.25, -0.2) is 0 Å². The van der Waals surface area contributed by atoms with Crippen LogP contribution in [-0.4, -0.2) is 18.2 Å². The zero-order chi connectivity index (χ0) is 9.84. The van der Waals surface area contributed by atoms with Crippen molar-refractivity contribution >= 4 is 33.2 Å². The molecule has 1 aromatic heterocycles. The molecule has 1 N–H and O–H groups in total. The number of thiophene rings is 1. The van der Waals surface area contributed by atoms with Crippen LogP contribution in [0.5, 0.6) is 0 Å². The van der Waals surface area contributed by atoms with Gasteiger partial charge in [-0.1, -0.05) is 0 Å². The van der Waals surface area contributed by atoms with Crippen LogP contribution in [0.3, 0.4) is 0 Å². The Kier molecular flexibility index (Phi) is 3.90. The highest BCUT2D eigenvalue weighted by molar-refractivity contribution is 9.11. The molecule has 0 aliphatic heterocycles. The summed E-state index contributed by atoms with van der Waals surface area (Å²) >= 11 is 4.68. The topological polar surface area (TPSA) is 46.5 Å². The van der Waals surface area contributed by atoms with Gasteiger partial charge in [-0.15, -0.1) is 11.3 Å². The molecule has 0 fully saturated rings. The Morgan fingerprint density at radius 3 is 2.92 bits per heavy atom. The number of esters is 1. The van der Waals surface area contributed by atoms with Crippen LogP contribution in [0.25, 0.3) is 0 Å². The van der Waals surface area contributed by atoms with Crippen molar-refractivity contribution in [3.63, 3.8) is 0 Å². The first kappa shape index (κ1) is 10.7. The highest BCUT2D eigenvalue weighted by Crippen LogP contribution is 2.28. The molecule has 0 radical (unpaired) electrons. The maximum Gasteiger partial charge on any atom is 0.308 e. The Bertz CT molecular complexity index is 297. The number of aliphatic hydroxyl groups excluding tert-OH is 1. The molecule has 1 atom stereocenters. The molecule has 0 amide bonds. The normalized spacial score (nSPS) is 12.5. The van der Waals surface area contributed by atoms with Crippen LogP contribution in [0.15, 0.2) is 15.9 Å². The predicted molar refractivity (Wildman–Crippen MR) is 53.6 cm³/mol.